The fourth-order valence-corrected chi connectivity index (χ4v) is 3.59. The van der Waals surface area contributed by atoms with E-state index in [4.69, 9.17) is 10.5 Å². The molecule has 1 aliphatic rings. The van der Waals surface area contributed by atoms with Crippen LogP contribution in [0.3, 0.4) is 0 Å². The third-order valence-electron chi connectivity index (χ3n) is 4.91. The van der Waals surface area contributed by atoms with Crippen LogP contribution in [-0.2, 0) is 4.74 Å². The first-order chi connectivity index (χ1) is 12.8. The quantitative estimate of drug-likeness (QED) is 0.583. The van der Waals surface area contributed by atoms with Crippen molar-refractivity contribution < 1.29 is 4.74 Å². The number of nitrogens with two attached hydrogens (primary N) is 1. The average Bonchev–Trinajstić information content (AvgIpc) is 3.12. The number of H-pyrrole nitrogens is 1. The van der Waals surface area contributed by atoms with Gasteiger partial charge in [-0.25, -0.2) is 4.98 Å². The van der Waals surface area contributed by atoms with Gasteiger partial charge in [0.15, 0.2) is 0 Å². The predicted octanol–water partition coefficient (Wildman–Crippen LogP) is 3.20. The zero-order valence-electron chi connectivity index (χ0n) is 14.3. The molecule has 0 bridgehead atoms. The van der Waals surface area contributed by atoms with E-state index in [1.165, 1.54) is 0 Å². The maximum Gasteiger partial charge on any atom is 0.142 e. The molecule has 1 aliphatic heterocycles. The molecule has 2 aromatic heterocycles. The first kappa shape index (κ1) is 15.2. The number of pyridine rings is 1. The number of nitrogens with zero attached hydrogens (tertiary/aromatic N) is 3. The molecule has 0 amide bonds. The van der Waals surface area contributed by atoms with Gasteiger partial charge in [0.2, 0.25) is 0 Å². The largest absolute Gasteiger partial charge is 0.397 e. The SMILES string of the molecule is Nc1c(-c2nc3ccccc3[nH]2)cnc2cccc(N3CCOCC3)c12. The van der Waals surface area contributed by atoms with E-state index in [1.807, 2.05) is 36.4 Å². The van der Waals surface area contributed by atoms with Crippen molar-refractivity contribution >= 4 is 33.3 Å². The van der Waals surface area contributed by atoms with Crippen LogP contribution in [0, 0.1) is 0 Å². The summed E-state index contributed by atoms with van der Waals surface area (Å²) in [7, 11) is 0. The summed E-state index contributed by atoms with van der Waals surface area (Å²) >= 11 is 0. The molecule has 0 atom stereocenters. The molecular weight excluding hydrogens is 326 g/mol. The number of nitrogen functional groups attached to an aromatic ring is 1. The average molecular weight is 345 g/mol. The van der Waals surface area contributed by atoms with Crippen LogP contribution >= 0.6 is 0 Å². The molecule has 5 rings (SSSR count). The lowest BCUT2D eigenvalue weighted by Gasteiger charge is -2.30. The van der Waals surface area contributed by atoms with Crippen LogP contribution in [0.2, 0.25) is 0 Å². The fraction of sp³-hybridized carbons (Fsp3) is 0.200. The number of para-hydroxylation sites is 2. The summed E-state index contributed by atoms with van der Waals surface area (Å²) in [5.41, 5.74) is 12.1. The third kappa shape index (κ3) is 2.38. The van der Waals surface area contributed by atoms with Crippen molar-refractivity contribution in [1.82, 2.24) is 15.0 Å². The van der Waals surface area contributed by atoms with E-state index in [9.17, 15) is 0 Å². The van der Waals surface area contributed by atoms with E-state index in [0.717, 1.165) is 65.3 Å². The highest BCUT2D eigenvalue weighted by Gasteiger charge is 2.18. The summed E-state index contributed by atoms with van der Waals surface area (Å²) in [4.78, 5) is 15.0. The normalized spacial score (nSPS) is 15.0. The lowest BCUT2D eigenvalue weighted by molar-refractivity contribution is 0.123. The van der Waals surface area contributed by atoms with Gasteiger partial charge >= 0.3 is 0 Å². The highest BCUT2D eigenvalue weighted by Crippen LogP contribution is 2.36. The topological polar surface area (TPSA) is 80.1 Å². The van der Waals surface area contributed by atoms with Crippen LogP contribution < -0.4 is 10.6 Å². The van der Waals surface area contributed by atoms with Gasteiger partial charge in [0.1, 0.15) is 5.82 Å². The lowest BCUT2D eigenvalue weighted by Crippen LogP contribution is -2.36. The lowest BCUT2D eigenvalue weighted by atomic mass is 10.1. The van der Waals surface area contributed by atoms with Crippen molar-refractivity contribution in [3.05, 3.63) is 48.7 Å². The third-order valence-corrected chi connectivity index (χ3v) is 4.91. The highest BCUT2D eigenvalue weighted by atomic mass is 16.5. The second kappa shape index (κ2) is 6.00. The van der Waals surface area contributed by atoms with Crippen LogP contribution in [0.25, 0.3) is 33.3 Å². The Bertz CT molecular complexity index is 1060. The molecule has 0 saturated carbocycles. The Morgan fingerprint density at radius 3 is 2.65 bits per heavy atom. The fourth-order valence-electron chi connectivity index (χ4n) is 3.59. The second-order valence-corrected chi connectivity index (χ2v) is 6.46. The van der Waals surface area contributed by atoms with E-state index in [1.54, 1.807) is 6.20 Å². The number of ether oxygens (including phenoxy) is 1. The molecule has 1 saturated heterocycles. The maximum atomic E-state index is 6.62. The monoisotopic (exact) mass is 345 g/mol. The van der Waals surface area contributed by atoms with E-state index in [2.05, 4.69) is 25.9 Å². The zero-order chi connectivity index (χ0) is 17.5. The van der Waals surface area contributed by atoms with Crippen molar-refractivity contribution in [2.45, 2.75) is 0 Å². The number of nitrogens with one attached hydrogen (secondary N) is 1. The number of hydrogen-bond donors (Lipinski definition) is 2. The number of rotatable bonds is 2. The Kier molecular flexibility index (Phi) is 3.50. The molecule has 3 heterocycles. The van der Waals surface area contributed by atoms with Crippen LogP contribution in [0.5, 0.6) is 0 Å². The molecule has 2 aromatic carbocycles. The number of anilines is 2. The van der Waals surface area contributed by atoms with Crippen molar-refractivity contribution in [3.63, 3.8) is 0 Å². The van der Waals surface area contributed by atoms with E-state index in [0.29, 0.717) is 5.69 Å². The zero-order valence-corrected chi connectivity index (χ0v) is 14.3. The van der Waals surface area contributed by atoms with Crippen LogP contribution in [-0.4, -0.2) is 41.3 Å². The van der Waals surface area contributed by atoms with Gasteiger partial charge in [-0.05, 0) is 24.3 Å². The molecule has 0 spiro atoms. The van der Waals surface area contributed by atoms with E-state index < -0.39 is 0 Å². The Labute approximate surface area is 150 Å². The van der Waals surface area contributed by atoms with Gasteiger partial charge in [-0.2, -0.15) is 0 Å². The summed E-state index contributed by atoms with van der Waals surface area (Å²) in [6.07, 6.45) is 1.80. The number of aromatic nitrogens is 3. The van der Waals surface area contributed by atoms with Gasteiger partial charge in [0.25, 0.3) is 0 Å². The second-order valence-electron chi connectivity index (χ2n) is 6.46. The molecule has 6 heteroatoms. The minimum absolute atomic E-state index is 0.705. The molecule has 1 fully saturated rings. The van der Waals surface area contributed by atoms with E-state index in [-0.39, 0.29) is 0 Å². The first-order valence-corrected chi connectivity index (χ1v) is 8.76. The molecule has 0 radical (unpaired) electrons. The van der Waals surface area contributed by atoms with Crippen LogP contribution in [0.4, 0.5) is 11.4 Å². The summed E-state index contributed by atoms with van der Waals surface area (Å²) in [5, 5.41) is 0.979. The molecule has 4 aromatic rings. The van der Waals surface area contributed by atoms with Crippen LogP contribution in [0.1, 0.15) is 0 Å². The molecule has 26 heavy (non-hydrogen) atoms. The molecule has 0 unspecified atom stereocenters. The van der Waals surface area contributed by atoms with E-state index >= 15 is 0 Å². The molecular formula is C20H19N5O. The highest BCUT2D eigenvalue weighted by molar-refractivity contribution is 6.05. The number of aromatic amines is 1. The number of morpholine rings is 1. The molecule has 0 aliphatic carbocycles. The smallest absolute Gasteiger partial charge is 0.142 e. The van der Waals surface area contributed by atoms with Gasteiger partial charge < -0.3 is 20.4 Å². The summed E-state index contributed by atoms with van der Waals surface area (Å²) in [5.74, 6) is 0.745. The molecule has 3 N–H and O–H groups in total. The van der Waals surface area contributed by atoms with Crippen molar-refractivity contribution in [3.8, 4) is 11.4 Å². The number of benzene rings is 2. The predicted molar refractivity (Wildman–Crippen MR) is 104 cm³/mol. The summed E-state index contributed by atoms with van der Waals surface area (Å²) < 4.78 is 5.49. The van der Waals surface area contributed by atoms with Gasteiger partial charge in [0, 0.05) is 30.4 Å². The Balaban J connectivity index is 1.70. The Morgan fingerprint density at radius 1 is 1.00 bits per heavy atom. The number of hydrogen-bond acceptors (Lipinski definition) is 5. The first-order valence-electron chi connectivity index (χ1n) is 8.76. The summed E-state index contributed by atoms with van der Waals surface area (Å²) in [6.45, 7) is 3.17. The van der Waals surface area contributed by atoms with Crippen molar-refractivity contribution in [2.24, 2.45) is 0 Å². The number of imidazole rings is 1. The minimum atomic E-state index is 0.705. The standard InChI is InChI=1S/C20H19N5O/c21-19-13(20-23-14-4-1-2-5-15(14)24-20)12-22-16-6-3-7-17(18(16)19)25-8-10-26-11-9-25/h1-7,12H,8-11H2,(H2,21,22)(H,23,24). The number of fused-ring (bicyclic) bond motifs is 2. The van der Waals surface area contributed by atoms with Gasteiger partial charge in [-0.15, -0.1) is 0 Å². The molecule has 6 nitrogen and oxygen atoms in total. The Morgan fingerprint density at radius 2 is 1.81 bits per heavy atom. The van der Waals surface area contributed by atoms with Crippen LogP contribution in [0.15, 0.2) is 48.7 Å². The maximum absolute atomic E-state index is 6.62. The van der Waals surface area contributed by atoms with Crippen molar-refractivity contribution in [1.29, 1.82) is 0 Å². The summed E-state index contributed by atoms with van der Waals surface area (Å²) in [6, 6.07) is 14.1. The minimum Gasteiger partial charge on any atom is -0.397 e. The Hall–Kier alpha value is -3.12. The van der Waals surface area contributed by atoms with Crippen molar-refractivity contribution in [2.75, 3.05) is 36.9 Å². The molecule has 130 valence electrons. The van der Waals surface area contributed by atoms with Gasteiger partial charge in [-0.1, -0.05) is 18.2 Å². The van der Waals surface area contributed by atoms with Gasteiger partial charge in [-0.3, -0.25) is 4.98 Å². The van der Waals surface area contributed by atoms with Gasteiger partial charge in [0.05, 0.1) is 41.0 Å².